The largest absolute Gasteiger partial charge is 0.391 e. The lowest BCUT2D eigenvalue weighted by molar-refractivity contribution is -0.186. The van der Waals surface area contributed by atoms with Gasteiger partial charge in [-0.15, -0.1) is 0 Å². The van der Waals surface area contributed by atoms with Crippen molar-refractivity contribution in [2.45, 2.75) is 76.4 Å². The Bertz CT molecular complexity index is 292. The molecule has 0 aromatic heterocycles. The van der Waals surface area contributed by atoms with Gasteiger partial charge in [0.2, 0.25) is 0 Å². The average Bonchev–Trinajstić information content (AvgIpc) is 2.38. The summed E-state index contributed by atoms with van der Waals surface area (Å²) in [7, 11) is 0. The predicted octanol–water partition coefficient (Wildman–Crippen LogP) is 4.65. The van der Waals surface area contributed by atoms with Crippen LogP contribution in [0.4, 0.5) is 13.2 Å². The number of hydrogen-bond donors (Lipinski definition) is 1. The number of alkyl halides is 3. The van der Waals surface area contributed by atoms with Crippen LogP contribution < -0.4 is 5.73 Å². The van der Waals surface area contributed by atoms with Crippen molar-refractivity contribution < 1.29 is 13.2 Å². The molecular weight excluding hydrogens is 251 g/mol. The minimum atomic E-state index is -4.03. The average molecular weight is 277 g/mol. The molecule has 2 atom stereocenters. The van der Waals surface area contributed by atoms with Crippen LogP contribution >= 0.6 is 0 Å². The highest BCUT2D eigenvalue weighted by Crippen LogP contribution is 2.46. The van der Waals surface area contributed by atoms with Crippen LogP contribution in [-0.4, -0.2) is 11.7 Å². The topological polar surface area (TPSA) is 26.0 Å². The van der Waals surface area contributed by atoms with Crippen LogP contribution in [0.3, 0.4) is 0 Å². The molecule has 2 saturated carbocycles. The Kier molecular flexibility index (Phi) is 4.49. The summed E-state index contributed by atoms with van der Waals surface area (Å²) in [5, 5.41) is 0. The van der Waals surface area contributed by atoms with Gasteiger partial charge in [-0.25, -0.2) is 0 Å². The fraction of sp³-hybridized carbons (Fsp3) is 1.00. The van der Waals surface area contributed by atoms with E-state index < -0.39 is 12.1 Å². The second-order valence-corrected chi connectivity index (χ2v) is 6.69. The van der Waals surface area contributed by atoms with Crippen molar-refractivity contribution >= 4 is 0 Å². The van der Waals surface area contributed by atoms with Gasteiger partial charge in [-0.05, 0) is 50.4 Å². The summed E-state index contributed by atoms with van der Waals surface area (Å²) >= 11 is 0. The molecule has 2 N–H and O–H groups in total. The summed E-state index contributed by atoms with van der Waals surface area (Å²) in [5.41, 5.74) is 6.17. The molecule has 0 radical (unpaired) electrons. The molecule has 1 nitrogen and oxygen atoms in total. The Morgan fingerprint density at radius 3 is 2.26 bits per heavy atom. The minimum absolute atomic E-state index is 0.229. The standard InChI is InChI=1S/C15H26F3N/c1-2-11-4-3-5-13(10-11)14(19)8-6-12(7-9-14)15(16,17)18/h11-13H,2-10,19H2,1H3. The first-order valence-corrected chi connectivity index (χ1v) is 7.70. The molecule has 0 amide bonds. The number of nitrogens with two attached hydrogens (primary N) is 1. The van der Waals surface area contributed by atoms with Gasteiger partial charge in [0.25, 0.3) is 0 Å². The first-order chi connectivity index (χ1) is 8.85. The Balaban J connectivity index is 1.94. The lowest BCUT2D eigenvalue weighted by Gasteiger charge is -2.46. The molecule has 112 valence electrons. The Labute approximate surface area is 114 Å². The van der Waals surface area contributed by atoms with Crippen molar-refractivity contribution in [3.8, 4) is 0 Å². The van der Waals surface area contributed by atoms with E-state index in [1.807, 2.05) is 0 Å². The highest BCUT2D eigenvalue weighted by Gasteiger charge is 2.47. The molecule has 0 saturated heterocycles. The van der Waals surface area contributed by atoms with Gasteiger partial charge in [0.1, 0.15) is 0 Å². The fourth-order valence-electron chi connectivity index (χ4n) is 4.07. The van der Waals surface area contributed by atoms with Crippen LogP contribution in [0, 0.1) is 17.8 Å². The Morgan fingerprint density at radius 1 is 1.11 bits per heavy atom. The van der Waals surface area contributed by atoms with Crippen molar-refractivity contribution in [3.05, 3.63) is 0 Å². The maximum Gasteiger partial charge on any atom is 0.391 e. The third kappa shape index (κ3) is 3.45. The van der Waals surface area contributed by atoms with E-state index in [-0.39, 0.29) is 18.4 Å². The molecule has 2 fully saturated rings. The lowest BCUT2D eigenvalue weighted by Crippen LogP contribution is -2.52. The van der Waals surface area contributed by atoms with Gasteiger partial charge in [-0.3, -0.25) is 0 Å². The zero-order valence-electron chi connectivity index (χ0n) is 11.8. The number of rotatable bonds is 2. The SMILES string of the molecule is CCC1CCCC(C2(N)CCC(C(F)(F)F)CC2)C1. The van der Waals surface area contributed by atoms with Crippen LogP contribution in [-0.2, 0) is 0 Å². The maximum absolute atomic E-state index is 12.7. The Hall–Kier alpha value is -0.250. The molecule has 2 aliphatic carbocycles. The van der Waals surface area contributed by atoms with Crippen LogP contribution in [0.25, 0.3) is 0 Å². The molecule has 2 rings (SSSR count). The number of hydrogen-bond acceptors (Lipinski definition) is 1. The molecule has 19 heavy (non-hydrogen) atoms. The van der Waals surface area contributed by atoms with Gasteiger partial charge in [-0.2, -0.15) is 13.2 Å². The fourth-order valence-corrected chi connectivity index (χ4v) is 4.07. The zero-order chi connectivity index (χ0) is 14.1. The summed E-state index contributed by atoms with van der Waals surface area (Å²) in [5.74, 6) is 0.0645. The number of halogens is 3. The summed E-state index contributed by atoms with van der Waals surface area (Å²) in [6.07, 6.45) is 3.43. The molecule has 2 aliphatic rings. The van der Waals surface area contributed by atoms with Gasteiger partial charge >= 0.3 is 6.18 Å². The molecule has 4 heteroatoms. The first kappa shape index (κ1) is 15.1. The summed E-state index contributed by atoms with van der Waals surface area (Å²) in [6.45, 7) is 2.21. The second-order valence-electron chi connectivity index (χ2n) is 6.69. The van der Waals surface area contributed by atoms with Crippen LogP contribution in [0.1, 0.15) is 64.7 Å². The van der Waals surface area contributed by atoms with Crippen LogP contribution in [0.15, 0.2) is 0 Å². The monoisotopic (exact) mass is 277 g/mol. The van der Waals surface area contributed by atoms with Crippen molar-refractivity contribution in [3.63, 3.8) is 0 Å². The van der Waals surface area contributed by atoms with E-state index in [1.54, 1.807) is 0 Å². The third-order valence-electron chi connectivity index (χ3n) is 5.55. The molecule has 0 bridgehead atoms. The second kappa shape index (κ2) is 5.63. The van der Waals surface area contributed by atoms with Gasteiger partial charge in [0.05, 0.1) is 5.92 Å². The van der Waals surface area contributed by atoms with Crippen molar-refractivity contribution in [2.75, 3.05) is 0 Å². The van der Waals surface area contributed by atoms with E-state index in [2.05, 4.69) is 6.92 Å². The molecule has 0 aliphatic heterocycles. The van der Waals surface area contributed by atoms with Gasteiger partial charge in [-0.1, -0.05) is 26.2 Å². The zero-order valence-corrected chi connectivity index (χ0v) is 11.8. The van der Waals surface area contributed by atoms with Crippen molar-refractivity contribution in [2.24, 2.45) is 23.5 Å². The van der Waals surface area contributed by atoms with Crippen molar-refractivity contribution in [1.82, 2.24) is 0 Å². The van der Waals surface area contributed by atoms with E-state index in [1.165, 1.54) is 19.3 Å². The molecule has 0 heterocycles. The molecule has 0 aromatic rings. The predicted molar refractivity (Wildman–Crippen MR) is 70.7 cm³/mol. The third-order valence-corrected chi connectivity index (χ3v) is 5.55. The van der Waals surface area contributed by atoms with E-state index in [0.29, 0.717) is 18.8 Å². The Morgan fingerprint density at radius 2 is 1.74 bits per heavy atom. The summed E-state index contributed by atoms with van der Waals surface area (Å²) in [4.78, 5) is 0. The normalized spacial score (nSPS) is 41.2. The van der Waals surface area contributed by atoms with Crippen LogP contribution in [0.2, 0.25) is 0 Å². The van der Waals surface area contributed by atoms with Crippen molar-refractivity contribution in [1.29, 1.82) is 0 Å². The van der Waals surface area contributed by atoms with E-state index >= 15 is 0 Å². The van der Waals surface area contributed by atoms with Gasteiger partial charge < -0.3 is 5.73 Å². The lowest BCUT2D eigenvalue weighted by atomic mass is 9.64. The van der Waals surface area contributed by atoms with E-state index in [0.717, 1.165) is 18.8 Å². The van der Waals surface area contributed by atoms with Gasteiger partial charge in [0.15, 0.2) is 0 Å². The summed E-state index contributed by atoms with van der Waals surface area (Å²) < 4.78 is 38.1. The maximum atomic E-state index is 12.7. The van der Waals surface area contributed by atoms with E-state index in [4.69, 9.17) is 5.73 Å². The molecule has 0 spiro atoms. The molecule has 0 aromatic carbocycles. The van der Waals surface area contributed by atoms with E-state index in [9.17, 15) is 13.2 Å². The highest BCUT2D eigenvalue weighted by molar-refractivity contribution is 4.98. The smallest absolute Gasteiger partial charge is 0.325 e. The minimum Gasteiger partial charge on any atom is -0.325 e. The van der Waals surface area contributed by atoms with Crippen LogP contribution in [0.5, 0.6) is 0 Å². The van der Waals surface area contributed by atoms with Gasteiger partial charge in [0, 0.05) is 5.54 Å². The highest BCUT2D eigenvalue weighted by atomic mass is 19.4. The molecular formula is C15H26F3N. The summed E-state index contributed by atoms with van der Waals surface area (Å²) in [6, 6.07) is 0. The molecule has 2 unspecified atom stereocenters. The quantitative estimate of drug-likeness (QED) is 0.781. The first-order valence-electron chi connectivity index (χ1n) is 7.70.